The summed E-state index contributed by atoms with van der Waals surface area (Å²) >= 11 is 0. The van der Waals surface area contributed by atoms with Crippen LogP contribution in [0, 0.1) is 0 Å². The van der Waals surface area contributed by atoms with Crippen LogP contribution in [0.5, 0.6) is 0 Å². The van der Waals surface area contributed by atoms with Crippen molar-refractivity contribution in [3.8, 4) is 0 Å². The summed E-state index contributed by atoms with van der Waals surface area (Å²) in [6.07, 6.45) is 1.55. The number of aliphatic hydroxyl groups is 1. The summed E-state index contributed by atoms with van der Waals surface area (Å²) < 4.78 is 0. The Bertz CT molecular complexity index is 184. The second-order valence-electron chi connectivity index (χ2n) is 2.31. The first-order valence-electron chi connectivity index (χ1n) is 3.45. The molecule has 0 aliphatic carbocycles. The highest BCUT2D eigenvalue weighted by molar-refractivity contribution is 5.92. The number of rotatable bonds is 1. The fourth-order valence-corrected chi connectivity index (χ4v) is 1.03. The molecule has 0 spiro atoms. The molecule has 1 aliphatic heterocycles. The number of hydrogen-bond acceptors (Lipinski definition) is 2. The molecule has 0 saturated carbocycles. The summed E-state index contributed by atoms with van der Waals surface area (Å²) in [6.45, 7) is 2.59. The molecular formula is C7H11NO2. The molecule has 10 heavy (non-hydrogen) atoms. The van der Waals surface area contributed by atoms with E-state index in [0.29, 0.717) is 6.54 Å². The fraction of sp³-hybridized carbons (Fsp3) is 0.571. The first-order valence-corrected chi connectivity index (χ1v) is 3.45. The average molecular weight is 141 g/mol. The molecule has 3 nitrogen and oxygen atoms in total. The molecule has 1 amide bonds. The van der Waals surface area contributed by atoms with Crippen LogP contribution in [0.2, 0.25) is 0 Å². The number of carbonyl (C=O) groups excluding carboxylic acids is 1. The van der Waals surface area contributed by atoms with E-state index in [0.717, 1.165) is 18.4 Å². The van der Waals surface area contributed by atoms with E-state index in [-0.39, 0.29) is 11.7 Å². The van der Waals surface area contributed by atoms with E-state index < -0.39 is 0 Å². The number of hydrogen-bond donors (Lipinski definition) is 2. The van der Waals surface area contributed by atoms with E-state index in [2.05, 4.69) is 5.32 Å². The normalized spacial score (nSPS) is 19.1. The second-order valence-corrected chi connectivity index (χ2v) is 2.31. The minimum absolute atomic E-state index is 0.0752. The fourth-order valence-electron chi connectivity index (χ4n) is 1.03. The van der Waals surface area contributed by atoms with E-state index in [1.807, 2.05) is 6.92 Å². The van der Waals surface area contributed by atoms with Crippen LogP contribution in [0.15, 0.2) is 11.3 Å². The lowest BCUT2D eigenvalue weighted by Gasteiger charge is -2.14. The summed E-state index contributed by atoms with van der Waals surface area (Å²) in [5, 5.41) is 11.7. The van der Waals surface area contributed by atoms with Crippen molar-refractivity contribution in [1.82, 2.24) is 5.32 Å². The Morgan fingerprint density at radius 1 is 1.70 bits per heavy atom. The molecule has 2 N–H and O–H groups in total. The minimum atomic E-state index is -0.330. The predicted octanol–water partition coefficient (Wildman–Crippen LogP) is 0.728. The molecule has 0 radical (unpaired) electrons. The van der Waals surface area contributed by atoms with Crippen molar-refractivity contribution in [2.75, 3.05) is 6.54 Å². The van der Waals surface area contributed by atoms with E-state index >= 15 is 0 Å². The summed E-state index contributed by atoms with van der Waals surface area (Å²) in [7, 11) is 0. The lowest BCUT2D eigenvalue weighted by Crippen LogP contribution is -2.31. The predicted molar refractivity (Wildman–Crippen MR) is 37.6 cm³/mol. The lowest BCUT2D eigenvalue weighted by atomic mass is 10.1. The largest absolute Gasteiger partial charge is 0.503 e. The number of aliphatic hydroxyl groups excluding tert-OH is 1. The summed E-state index contributed by atoms with van der Waals surface area (Å²) in [4.78, 5) is 10.7. The Kier molecular flexibility index (Phi) is 1.94. The van der Waals surface area contributed by atoms with E-state index in [1.165, 1.54) is 0 Å². The maximum absolute atomic E-state index is 10.7. The summed E-state index contributed by atoms with van der Waals surface area (Å²) in [5.74, 6) is -0.406. The maximum Gasteiger partial charge on any atom is 0.286 e. The smallest absolute Gasteiger partial charge is 0.286 e. The molecule has 1 aliphatic rings. The highest BCUT2D eigenvalue weighted by Gasteiger charge is 2.16. The lowest BCUT2D eigenvalue weighted by molar-refractivity contribution is -0.120. The Morgan fingerprint density at radius 3 is 2.90 bits per heavy atom. The van der Waals surface area contributed by atoms with Crippen LogP contribution in [0.3, 0.4) is 0 Å². The van der Waals surface area contributed by atoms with Gasteiger partial charge in [-0.25, -0.2) is 0 Å². The van der Waals surface area contributed by atoms with Crippen molar-refractivity contribution in [2.24, 2.45) is 0 Å². The second kappa shape index (κ2) is 2.73. The SMILES string of the molecule is CCC1=C(O)C(=O)NCC1. The van der Waals surface area contributed by atoms with Crippen molar-refractivity contribution in [3.05, 3.63) is 11.3 Å². The van der Waals surface area contributed by atoms with Gasteiger partial charge < -0.3 is 10.4 Å². The Morgan fingerprint density at radius 2 is 2.40 bits per heavy atom. The van der Waals surface area contributed by atoms with E-state index in [9.17, 15) is 4.79 Å². The van der Waals surface area contributed by atoms with Gasteiger partial charge in [0.1, 0.15) is 0 Å². The van der Waals surface area contributed by atoms with Gasteiger partial charge in [0.25, 0.3) is 5.91 Å². The van der Waals surface area contributed by atoms with Crippen LogP contribution in [0.25, 0.3) is 0 Å². The van der Waals surface area contributed by atoms with Gasteiger partial charge in [-0.3, -0.25) is 4.79 Å². The molecule has 0 bridgehead atoms. The average Bonchev–Trinajstić information content (AvgIpc) is 1.95. The van der Waals surface area contributed by atoms with Crippen LogP contribution >= 0.6 is 0 Å². The maximum atomic E-state index is 10.7. The van der Waals surface area contributed by atoms with Gasteiger partial charge >= 0.3 is 0 Å². The highest BCUT2D eigenvalue weighted by atomic mass is 16.3. The molecular weight excluding hydrogens is 130 g/mol. The molecule has 0 saturated heterocycles. The number of carbonyl (C=O) groups is 1. The summed E-state index contributed by atoms with van der Waals surface area (Å²) in [5.41, 5.74) is 0.865. The third kappa shape index (κ3) is 1.12. The zero-order chi connectivity index (χ0) is 7.56. The first kappa shape index (κ1) is 7.12. The third-order valence-electron chi connectivity index (χ3n) is 1.69. The Labute approximate surface area is 59.7 Å². The van der Waals surface area contributed by atoms with E-state index in [4.69, 9.17) is 5.11 Å². The molecule has 0 aromatic rings. The number of nitrogens with one attached hydrogen (secondary N) is 1. The molecule has 3 heteroatoms. The van der Waals surface area contributed by atoms with Crippen LogP contribution in [0.4, 0.5) is 0 Å². The van der Waals surface area contributed by atoms with Crippen LogP contribution < -0.4 is 5.32 Å². The Balaban J connectivity index is 2.82. The Hall–Kier alpha value is -0.990. The first-order chi connectivity index (χ1) is 4.75. The summed E-state index contributed by atoms with van der Waals surface area (Å²) in [6, 6.07) is 0. The van der Waals surface area contributed by atoms with Crippen molar-refractivity contribution in [3.63, 3.8) is 0 Å². The molecule has 0 aromatic heterocycles. The van der Waals surface area contributed by atoms with Crippen LogP contribution in [-0.2, 0) is 4.79 Å². The minimum Gasteiger partial charge on any atom is -0.503 e. The van der Waals surface area contributed by atoms with Crippen LogP contribution in [0.1, 0.15) is 19.8 Å². The van der Waals surface area contributed by atoms with Gasteiger partial charge in [-0.15, -0.1) is 0 Å². The van der Waals surface area contributed by atoms with Crippen molar-refractivity contribution in [1.29, 1.82) is 0 Å². The molecule has 1 rings (SSSR count). The van der Waals surface area contributed by atoms with Gasteiger partial charge in [0.2, 0.25) is 0 Å². The zero-order valence-electron chi connectivity index (χ0n) is 5.98. The van der Waals surface area contributed by atoms with Gasteiger partial charge in [-0.05, 0) is 18.4 Å². The van der Waals surface area contributed by atoms with E-state index in [1.54, 1.807) is 0 Å². The monoisotopic (exact) mass is 141 g/mol. The van der Waals surface area contributed by atoms with Gasteiger partial charge in [-0.1, -0.05) is 6.92 Å². The van der Waals surface area contributed by atoms with Gasteiger partial charge in [-0.2, -0.15) is 0 Å². The topological polar surface area (TPSA) is 49.3 Å². The van der Waals surface area contributed by atoms with Gasteiger partial charge in [0, 0.05) is 6.54 Å². The molecule has 0 aromatic carbocycles. The molecule has 0 atom stereocenters. The van der Waals surface area contributed by atoms with Crippen molar-refractivity contribution in [2.45, 2.75) is 19.8 Å². The number of amides is 1. The molecule has 56 valence electrons. The highest BCUT2D eigenvalue weighted by Crippen LogP contribution is 2.13. The van der Waals surface area contributed by atoms with Crippen molar-refractivity contribution >= 4 is 5.91 Å². The quantitative estimate of drug-likeness (QED) is 0.565. The standard InChI is InChI=1S/C7H11NO2/c1-2-5-3-4-8-7(10)6(5)9/h9H,2-4H2,1H3,(H,8,10). The van der Waals surface area contributed by atoms with Gasteiger partial charge in [0.05, 0.1) is 0 Å². The molecule has 1 heterocycles. The van der Waals surface area contributed by atoms with Crippen LogP contribution in [-0.4, -0.2) is 17.6 Å². The molecule has 0 fully saturated rings. The van der Waals surface area contributed by atoms with Gasteiger partial charge in [0.15, 0.2) is 5.76 Å². The van der Waals surface area contributed by atoms with Crippen molar-refractivity contribution < 1.29 is 9.90 Å². The molecule has 0 unspecified atom stereocenters. The zero-order valence-corrected chi connectivity index (χ0v) is 5.98. The third-order valence-corrected chi connectivity index (χ3v) is 1.69.